The summed E-state index contributed by atoms with van der Waals surface area (Å²) in [5.74, 6) is 0.186. The Morgan fingerprint density at radius 1 is 1.31 bits per heavy atom. The van der Waals surface area contributed by atoms with Crippen molar-refractivity contribution in [3.8, 4) is 17.1 Å². The molecular weight excluding hydrogens is 387 g/mol. The monoisotopic (exact) mass is 411 g/mol. The smallest absolute Gasteiger partial charge is 0.416 e. The third-order valence-electron chi connectivity index (χ3n) is 5.13. The van der Waals surface area contributed by atoms with E-state index in [1.807, 2.05) is 0 Å². The minimum absolute atomic E-state index is 0.0384. The molecule has 0 saturated carbocycles. The zero-order valence-corrected chi connectivity index (χ0v) is 16.7. The van der Waals surface area contributed by atoms with Gasteiger partial charge in [-0.2, -0.15) is 13.2 Å². The standard InChI is InChI=1S/C19H24F3N5O2/c1-18(2)8-7-12(10-23-18)24-15-17(28)27(3)16(26-25-15)13-6-5-11(19(20,21)22)9-14(13)29-4/h5-6,9,12,23H,7-8,10H2,1-4H3,(H,24,25). The molecular formula is C19H24F3N5O2. The number of piperidine rings is 1. The lowest BCUT2D eigenvalue weighted by molar-refractivity contribution is -0.137. The summed E-state index contributed by atoms with van der Waals surface area (Å²) >= 11 is 0. The lowest BCUT2D eigenvalue weighted by Gasteiger charge is -2.36. The predicted molar refractivity (Wildman–Crippen MR) is 103 cm³/mol. The molecule has 10 heteroatoms. The van der Waals surface area contributed by atoms with Gasteiger partial charge < -0.3 is 15.4 Å². The molecule has 1 atom stereocenters. The molecule has 7 nitrogen and oxygen atoms in total. The zero-order chi connectivity index (χ0) is 21.4. The molecule has 2 N–H and O–H groups in total. The highest BCUT2D eigenvalue weighted by atomic mass is 19.4. The van der Waals surface area contributed by atoms with Crippen molar-refractivity contribution >= 4 is 5.82 Å². The molecule has 158 valence electrons. The van der Waals surface area contributed by atoms with Crippen LogP contribution < -0.4 is 20.9 Å². The number of aromatic nitrogens is 3. The molecule has 2 heterocycles. The Labute approximate surface area is 166 Å². The first-order valence-corrected chi connectivity index (χ1v) is 9.23. The summed E-state index contributed by atoms with van der Waals surface area (Å²) in [5, 5.41) is 14.6. The summed E-state index contributed by atoms with van der Waals surface area (Å²) in [6.45, 7) is 4.93. The molecule has 1 aromatic heterocycles. The Hall–Kier alpha value is -2.62. The van der Waals surface area contributed by atoms with Gasteiger partial charge in [0.05, 0.1) is 18.2 Å². The zero-order valence-electron chi connectivity index (χ0n) is 16.7. The van der Waals surface area contributed by atoms with Gasteiger partial charge in [0.2, 0.25) is 5.82 Å². The molecule has 1 fully saturated rings. The number of hydrogen-bond donors (Lipinski definition) is 2. The minimum Gasteiger partial charge on any atom is -0.496 e. The SMILES string of the molecule is COc1cc(C(F)(F)F)ccc1-c1nnc(NC2CCC(C)(C)NC2)c(=O)n1C. The highest BCUT2D eigenvalue weighted by Crippen LogP contribution is 2.36. The molecule has 0 spiro atoms. The van der Waals surface area contributed by atoms with Crippen LogP contribution in [0, 0.1) is 0 Å². The van der Waals surface area contributed by atoms with E-state index in [1.54, 1.807) is 0 Å². The Kier molecular flexibility index (Phi) is 5.57. The van der Waals surface area contributed by atoms with Crippen molar-refractivity contribution in [2.24, 2.45) is 7.05 Å². The third-order valence-corrected chi connectivity index (χ3v) is 5.13. The predicted octanol–water partition coefficient (Wildman–Crippen LogP) is 2.81. The van der Waals surface area contributed by atoms with Crippen molar-refractivity contribution in [3.63, 3.8) is 0 Å². The molecule has 1 aliphatic heterocycles. The maximum atomic E-state index is 13.0. The highest BCUT2D eigenvalue weighted by molar-refractivity contribution is 5.65. The van der Waals surface area contributed by atoms with E-state index >= 15 is 0 Å². The number of benzene rings is 1. The Balaban J connectivity index is 1.89. The molecule has 1 aromatic carbocycles. The fourth-order valence-corrected chi connectivity index (χ4v) is 3.28. The normalized spacial score (nSPS) is 19.1. The first kappa shape index (κ1) is 21.1. The summed E-state index contributed by atoms with van der Waals surface area (Å²) in [7, 11) is 2.76. The molecule has 0 aliphatic carbocycles. The second kappa shape index (κ2) is 7.66. The summed E-state index contributed by atoms with van der Waals surface area (Å²) < 4.78 is 45.2. The molecule has 3 rings (SSSR count). The number of nitrogens with zero attached hydrogens (tertiary/aromatic N) is 3. The first-order chi connectivity index (χ1) is 13.5. The molecule has 1 saturated heterocycles. The molecule has 1 unspecified atom stereocenters. The number of rotatable bonds is 4. The van der Waals surface area contributed by atoms with Crippen LogP contribution in [0.5, 0.6) is 5.75 Å². The fourth-order valence-electron chi connectivity index (χ4n) is 3.28. The number of halogens is 3. The third kappa shape index (κ3) is 4.52. The Morgan fingerprint density at radius 3 is 2.62 bits per heavy atom. The number of methoxy groups -OCH3 is 1. The minimum atomic E-state index is -4.50. The quantitative estimate of drug-likeness (QED) is 0.805. The summed E-state index contributed by atoms with van der Waals surface area (Å²) in [6, 6.07) is 3.07. The van der Waals surface area contributed by atoms with Crippen LogP contribution in [-0.4, -0.2) is 40.0 Å². The van der Waals surface area contributed by atoms with Gasteiger partial charge in [0, 0.05) is 25.2 Å². The molecule has 2 aromatic rings. The highest BCUT2D eigenvalue weighted by Gasteiger charge is 2.32. The van der Waals surface area contributed by atoms with E-state index in [9.17, 15) is 18.0 Å². The Morgan fingerprint density at radius 2 is 2.03 bits per heavy atom. The van der Waals surface area contributed by atoms with E-state index in [2.05, 4.69) is 34.7 Å². The number of ether oxygens (including phenoxy) is 1. The van der Waals surface area contributed by atoms with Crippen molar-refractivity contribution < 1.29 is 17.9 Å². The van der Waals surface area contributed by atoms with Crippen LogP contribution in [0.1, 0.15) is 32.3 Å². The first-order valence-electron chi connectivity index (χ1n) is 9.23. The Bertz CT molecular complexity index is 946. The van der Waals surface area contributed by atoms with Gasteiger partial charge >= 0.3 is 6.18 Å². The lowest BCUT2D eigenvalue weighted by atomic mass is 9.91. The van der Waals surface area contributed by atoms with Gasteiger partial charge in [-0.15, -0.1) is 10.2 Å². The van der Waals surface area contributed by atoms with Crippen LogP contribution in [0.4, 0.5) is 19.0 Å². The van der Waals surface area contributed by atoms with E-state index in [1.165, 1.54) is 24.8 Å². The summed E-state index contributed by atoms with van der Waals surface area (Å²) in [4.78, 5) is 12.7. The number of anilines is 1. The number of alkyl halides is 3. The van der Waals surface area contributed by atoms with Crippen LogP contribution in [0.2, 0.25) is 0 Å². The van der Waals surface area contributed by atoms with Gasteiger partial charge in [-0.05, 0) is 44.9 Å². The maximum Gasteiger partial charge on any atom is 0.416 e. The summed E-state index contributed by atoms with van der Waals surface area (Å²) in [6.07, 6.45) is -2.68. The van der Waals surface area contributed by atoms with E-state index < -0.39 is 17.3 Å². The topological polar surface area (TPSA) is 81.1 Å². The van der Waals surface area contributed by atoms with Gasteiger partial charge in [-0.1, -0.05) is 0 Å². The van der Waals surface area contributed by atoms with Gasteiger partial charge in [-0.25, -0.2) is 0 Å². The van der Waals surface area contributed by atoms with Crippen LogP contribution >= 0.6 is 0 Å². The molecule has 0 bridgehead atoms. The number of hydrogen-bond acceptors (Lipinski definition) is 6. The van der Waals surface area contributed by atoms with Crippen molar-refractivity contribution in [1.29, 1.82) is 0 Å². The second-order valence-corrected chi connectivity index (χ2v) is 7.79. The van der Waals surface area contributed by atoms with Gasteiger partial charge in [0.1, 0.15) is 5.75 Å². The van der Waals surface area contributed by atoms with Gasteiger partial charge in [0.25, 0.3) is 5.56 Å². The largest absolute Gasteiger partial charge is 0.496 e. The van der Waals surface area contributed by atoms with Crippen molar-refractivity contribution in [3.05, 3.63) is 34.1 Å². The van der Waals surface area contributed by atoms with Gasteiger partial charge in [0.15, 0.2) is 5.82 Å². The average Bonchev–Trinajstić information content (AvgIpc) is 2.66. The lowest BCUT2D eigenvalue weighted by Crippen LogP contribution is -2.51. The van der Waals surface area contributed by atoms with E-state index in [4.69, 9.17) is 4.74 Å². The van der Waals surface area contributed by atoms with E-state index in [0.29, 0.717) is 6.54 Å². The second-order valence-electron chi connectivity index (χ2n) is 7.79. The van der Waals surface area contributed by atoms with Crippen LogP contribution in [0.3, 0.4) is 0 Å². The van der Waals surface area contributed by atoms with Crippen LogP contribution in [0.25, 0.3) is 11.4 Å². The van der Waals surface area contributed by atoms with Gasteiger partial charge in [-0.3, -0.25) is 9.36 Å². The number of nitrogens with one attached hydrogen (secondary N) is 2. The van der Waals surface area contributed by atoms with E-state index in [0.717, 1.165) is 25.0 Å². The van der Waals surface area contributed by atoms with E-state index in [-0.39, 0.29) is 34.5 Å². The molecule has 0 radical (unpaired) electrons. The van der Waals surface area contributed by atoms with Crippen molar-refractivity contribution in [2.45, 2.75) is 44.4 Å². The summed E-state index contributed by atoms with van der Waals surface area (Å²) in [5.41, 5.74) is -0.957. The van der Waals surface area contributed by atoms with Crippen molar-refractivity contribution in [2.75, 3.05) is 19.0 Å². The average molecular weight is 411 g/mol. The van der Waals surface area contributed by atoms with Crippen LogP contribution in [-0.2, 0) is 13.2 Å². The fraction of sp³-hybridized carbons (Fsp3) is 0.526. The molecule has 0 amide bonds. The van der Waals surface area contributed by atoms with Crippen molar-refractivity contribution in [1.82, 2.24) is 20.1 Å². The molecule has 1 aliphatic rings. The van der Waals surface area contributed by atoms with Crippen LogP contribution in [0.15, 0.2) is 23.0 Å². The molecule has 29 heavy (non-hydrogen) atoms. The maximum absolute atomic E-state index is 13.0.